The molecular formula is C10H9BrN2O. The van der Waals surface area contributed by atoms with Crippen molar-refractivity contribution in [3.8, 4) is 6.07 Å². The molecule has 1 aromatic carbocycles. The minimum absolute atomic E-state index is 0.244. The smallest absolute Gasteiger partial charge is 0.253 e. The molecule has 0 saturated carbocycles. The fourth-order valence-corrected chi connectivity index (χ4v) is 1.42. The van der Waals surface area contributed by atoms with Crippen LogP contribution in [0.2, 0.25) is 0 Å². The Hall–Kier alpha value is -1.34. The molecule has 0 aromatic heterocycles. The van der Waals surface area contributed by atoms with Gasteiger partial charge in [-0.1, -0.05) is 12.1 Å². The van der Waals surface area contributed by atoms with Crippen molar-refractivity contribution < 1.29 is 4.79 Å². The maximum atomic E-state index is 11.5. The van der Waals surface area contributed by atoms with E-state index in [2.05, 4.69) is 21.2 Å². The Kier molecular flexibility index (Phi) is 3.66. The average Bonchev–Trinajstić information content (AvgIpc) is 2.18. The van der Waals surface area contributed by atoms with Gasteiger partial charge in [0.2, 0.25) is 0 Å². The number of halogens is 1. The lowest BCUT2D eigenvalue weighted by molar-refractivity contribution is 0.0947. The van der Waals surface area contributed by atoms with Gasteiger partial charge < -0.3 is 5.32 Å². The Labute approximate surface area is 90.9 Å². The molecule has 3 nitrogen and oxygen atoms in total. The highest BCUT2D eigenvalue weighted by Gasteiger charge is 2.10. The molecule has 0 heterocycles. The van der Waals surface area contributed by atoms with Crippen LogP contribution in [0.15, 0.2) is 28.7 Å². The zero-order valence-electron chi connectivity index (χ0n) is 7.62. The molecule has 1 N–H and O–H groups in total. The molecule has 4 heteroatoms. The maximum Gasteiger partial charge on any atom is 0.253 e. The Morgan fingerprint density at radius 1 is 1.57 bits per heavy atom. The number of nitrogens with one attached hydrogen (secondary N) is 1. The van der Waals surface area contributed by atoms with Crippen LogP contribution in [0, 0.1) is 11.3 Å². The van der Waals surface area contributed by atoms with Crippen LogP contribution in [0.25, 0.3) is 0 Å². The van der Waals surface area contributed by atoms with Crippen molar-refractivity contribution in [2.24, 2.45) is 0 Å². The van der Waals surface area contributed by atoms with Crippen LogP contribution in [-0.4, -0.2) is 11.9 Å². The summed E-state index contributed by atoms with van der Waals surface area (Å²) in [6.07, 6.45) is 0. The number of nitriles is 1. The van der Waals surface area contributed by atoms with E-state index in [0.29, 0.717) is 5.56 Å². The van der Waals surface area contributed by atoms with Gasteiger partial charge in [0, 0.05) is 4.47 Å². The molecule has 1 aromatic rings. The lowest BCUT2D eigenvalue weighted by Gasteiger charge is -2.07. The summed E-state index contributed by atoms with van der Waals surface area (Å²) in [7, 11) is 0. The summed E-state index contributed by atoms with van der Waals surface area (Å²) in [5.74, 6) is -0.244. The molecule has 1 rings (SSSR count). The zero-order chi connectivity index (χ0) is 10.6. The fraction of sp³-hybridized carbons (Fsp3) is 0.200. The van der Waals surface area contributed by atoms with Gasteiger partial charge in [0.05, 0.1) is 11.6 Å². The molecule has 0 radical (unpaired) electrons. The third-order valence-corrected chi connectivity index (χ3v) is 2.35. The van der Waals surface area contributed by atoms with Crippen molar-refractivity contribution in [3.05, 3.63) is 34.3 Å². The molecule has 0 aliphatic carbocycles. The van der Waals surface area contributed by atoms with Crippen molar-refractivity contribution in [1.82, 2.24) is 5.32 Å². The van der Waals surface area contributed by atoms with Crippen LogP contribution in [0.5, 0.6) is 0 Å². The maximum absolute atomic E-state index is 11.5. The minimum atomic E-state index is -0.477. The van der Waals surface area contributed by atoms with Crippen molar-refractivity contribution >= 4 is 21.8 Å². The highest BCUT2D eigenvalue weighted by Crippen LogP contribution is 2.15. The van der Waals surface area contributed by atoms with Crippen molar-refractivity contribution in [2.75, 3.05) is 0 Å². The van der Waals surface area contributed by atoms with Crippen molar-refractivity contribution in [2.45, 2.75) is 13.0 Å². The lowest BCUT2D eigenvalue weighted by atomic mass is 10.2. The molecular weight excluding hydrogens is 244 g/mol. The molecule has 0 saturated heterocycles. The molecule has 0 bridgehead atoms. The summed E-state index contributed by atoms with van der Waals surface area (Å²) >= 11 is 3.26. The lowest BCUT2D eigenvalue weighted by Crippen LogP contribution is -2.31. The Balaban J connectivity index is 2.81. The largest absolute Gasteiger partial charge is 0.337 e. The van der Waals surface area contributed by atoms with E-state index >= 15 is 0 Å². The monoisotopic (exact) mass is 252 g/mol. The summed E-state index contributed by atoms with van der Waals surface area (Å²) in [6, 6.07) is 8.54. The molecule has 1 atom stereocenters. The first-order chi connectivity index (χ1) is 6.65. The molecule has 0 aliphatic heterocycles. The predicted octanol–water partition coefficient (Wildman–Crippen LogP) is 2.09. The van der Waals surface area contributed by atoms with E-state index in [1.807, 2.05) is 12.1 Å². The van der Waals surface area contributed by atoms with Gasteiger partial charge in [0.25, 0.3) is 5.91 Å². The van der Waals surface area contributed by atoms with E-state index in [0.717, 1.165) is 4.47 Å². The second-order valence-electron chi connectivity index (χ2n) is 2.80. The molecule has 14 heavy (non-hydrogen) atoms. The van der Waals surface area contributed by atoms with E-state index in [-0.39, 0.29) is 5.91 Å². The first-order valence-electron chi connectivity index (χ1n) is 4.10. The highest BCUT2D eigenvalue weighted by molar-refractivity contribution is 9.10. The molecule has 1 unspecified atom stereocenters. The Bertz CT molecular complexity index is 384. The summed E-state index contributed by atoms with van der Waals surface area (Å²) in [6.45, 7) is 1.63. The quantitative estimate of drug-likeness (QED) is 0.877. The SMILES string of the molecule is CC(C#N)NC(=O)c1ccccc1Br. The number of carbonyl (C=O) groups excluding carboxylic acids is 1. The van der Waals surface area contributed by atoms with Gasteiger partial charge in [0.1, 0.15) is 6.04 Å². The molecule has 0 spiro atoms. The molecule has 0 fully saturated rings. The van der Waals surface area contributed by atoms with Gasteiger partial charge in [-0.25, -0.2) is 0 Å². The molecule has 0 aliphatic rings. The fourth-order valence-electron chi connectivity index (χ4n) is 0.952. The van der Waals surface area contributed by atoms with Gasteiger partial charge >= 0.3 is 0 Å². The number of carbonyl (C=O) groups is 1. The van der Waals surface area contributed by atoms with E-state index < -0.39 is 6.04 Å². The Morgan fingerprint density at radius 3 is 2.79 bits per heavy atom. The predicted molar refractivity (Wildman–Crippen MR) is 56.7 cm³/mol. The normalized spacial score (nSPS) is 11.5. The number of rotatable bonds is 2. The van der Waals surface area contributed by atoms with Crippen molar-refractivity contribution in [1.29, 1.82) is 5.26 Å². The van der Waals surface area contributed by atoms with Gasteiger partial charge in [-0.15, -0.1) is 0 Å². The van der Waals surface area contributed by atoms with Gasteiger partial charge in [0.15, 0.2) is 0 Å². The third kappa shape index (κ3) is 2.57. The summed E-state index contributed by atoms with van der Waals surface area (Å²) in [5, 5.41) is 11.1. The standard InChI is InChI=1S/C10H9BrN2O/c1-7(6-12)13-10(14)8-4-2-3-5-9(8)11/h2-5,7H,1H3,(H,13,14). The topological polar surface area (TPSA) is 52.9 Å². The number of hydrogen-bond acceptors (Lipinski definition) is 2. The summed E-state index contributed by atoms with van der Waals surface area (Å²) < 4.78 is 0.725. The Morgan fingerprint density at radius 2 is 2.21 bits per heavy atom. The first-order valence-corrected chi connectivity index (χ1v) is 4.89. The van der Waals surface area contributed by atoms with E-state index in [1.165, 1.54) is 0 Å². The van der Waals surface area contributed by atoms with Crippen LogP contribution >= 0.6 is 15.9 Å². The minimum Gasteiger partial charge on any atom is -0.337 e. The number of amides is 1. The number of benzene rings is 1. The second kappa shape index (κ2) is 4.77. The highest BCUT2D eigenvalue weighted by atomic mass is 79.9. The van der Waals surface area contributed by atoms with Crippen molar-refractivity contribution in [3.63, 3.8) is 0 Å². The van der Waals surface area contributed by atoms with Crippen LogP contribution in [0.3, 0.4) is 0 Å². The van der Waals surface area contributed by atoms with Crippen LogP contribution in [0.1, 0.15) is 17.3 Å². The van der Waals surface area contributed by atoms with E-state index in [4.69, 9.17) is 5.26 Å². The first kappa shape index (κ1) is 10.7. The van der Waals surface area contributed by atoms with E-state index in [1.54, 1.807) is 25.1 Å². The zero-order valence-corrected chi connectivity index (χ0v) is 9.21. The van der Waals surface area contributed by atoms with Gasteiger partial charge in [-0.05, 0) is 35.0 Å². The van der Waals surface area contributed by atoms with Crippen LogP contribution in [-0.2, 0) is 0 Å². The molecule has 1 amide bonds. The summed E-state index contributed by atoms with van der Waals surface area (Å²) in [4.78, 5) is 11.5. The number of nitrogens with zero attached hydrogens (tertiary/aromatic N) is 1. The molecule has 72 valence electrons. The van der Waals surface area contributed by atoms with E-state index in [9.17, 15) is 4.79 Å². The number of hydrogen-bond donors (Lipinski definition) is 1. The average molecular weight is 253 g/mol. The van der Waals surface area contributed by atoms with Gasteiger partial charge in [-0.2, -0.15) is 5.26 Å². The van der Waals surface area contributed by atoms with Crippen LogP contribution < -0.4 is 5.32 Å². The van der Waals surface area contributed by atoms with Gasteiger partial charge in [-0.3, -0.25) is 4.79 Å². The third-order valence-electron chi connectivity index (χ3n) is 1.66. The second-order valence-corrected chi connectivity index (χ2v) is 3.66. The summed E-state index contributed by atoms with van der Waals surface area (Å²) in [5.41, 5.74) is 0.537. The van der Waals surface area contributed by atoms with Crippen LogP contribution in [0.4, 0.5) is 0 Å².